The topological polar surface area (TPSA) is 50.7 Å². The summed E-state index contributed by atoms with van der Waals surface area (Å²) in [5.41, 5.74) is -3.06. The number of amides is 2. The fourth-order valence-corrected chi connectivity index (χ4v) is 2.43. The van der Waals surface area contributed by atoms with Crippen LogP contribution in [0.15, 0.2) is 23.2 Å². The predicted molar refractivity (Wildman–Crippen MR) is 75.4 cm³/mol. The molecule has 1 aromatic carbocycles. The molecule has 118 valence electrons. The largest absolute Gasteiger partial charge is 0.427 e. The molecular weight excluding hydrogens is 321 g/mol. The molecule has 1 unspecified atom stereocenters. The van der Waals surface area contributed by atoms with Gasteiger partial charge in [0.2, 0.25) is 5.60 Å². The maximum Gasteiger partial charge on any atom is 0.427 e. The monoisotopic (exact) mass is 332 g/mol. The van der Waals surface area contributed by atoms with Crippen molar-refractivity contribution in [3.05, 3.63) is 28.8 Å². The number of ether oxygens (including phenoxy) is 1. The zero-order valence-electron chi connectivity index (χ0n) is 11.3. The number of carbonyl (C=O) groups excluding carboxylic acids is 1. The van der Waals surface area contributed by atoms with E-state index in [0.717, 1.165) is 18.9 Å². The Labute approximate surface area is 129 Å². The molecule has 2 aliphatic rings. The van der Waals surface area contributed by atoms with Crippen LogP contribution in [0, 0.1) is 5.92 Å². The number of benzene rings is 1. The molecule has 0 bridgehead atoms. The Morgan fingerprint density at radius 2 is 2.14 bits per heavy atom. The second kappa shape index (κ2) is 5.24. The highest BCUT2D eigenvalue weighted by molar-refractivity contribution is 6.30. The molecule has 1 saturated carbocycles. The molecule has 1 heterocycles. The van der Waals surface area contributed by atoms with Crippen molar-refractivity contribution >= 4 is 29.5 Å². The van der Waals surface area contributed by atoms with Gasteiger partial charge >= 0.3 is 12.2 Å². The highest BCUT2D eigenvalue weighted by atomic mass is 35.5. The summed E-state index contributed by atoms with van der Waals surface area (Å²) in [6, 6.07) is 2.97. The number of hydrogen-bond donors (Lipinski definition) is 1. The summed E-state index contributed by atoms with van der Waals surface area (Å²) in [4.78, 5) is 14.9. The van der Waals surface area contributed by atoms with Crippen molar-refractivity contribution in [2.24, 2.45) is 10.9 Å². The Hall–Kier alpha value is -1.60. The molecule has 8 heteroatoms. The number of rotatable bonds is 3. The number of anilines is 1. The van der Waals surface area contributed by atoms with Crippen molar-refractivity contribution in [2.45, 2.75) is 24.6 Å². The van der Waals surface area contributed by atoms with Crippen LogP contribution in [0.3, 0.4) is 0 Å². The van der Waals surface area contributed by atoms with Crippen LogP contribution in [0.2, 0.25) is 5.02 Å². The number of hydrogen-bond acceptors (Lipinski definition) is 2. The molecule has 1 aliphatic heterocycles. The third kappa shape index (κ3) is 2.70. The molecule has 1 atom stereocenters. The van der Waals surface area contributed by atoms with Gasteiger partial charge in [0.1, 0.15) is 0 Å². The summed E-state index contributed by atoms with van der Waals surface area (Å²) < 4.78 is 46.6. The first-order valence-electron chi connectivity index (χ1n) is 6.69. The average molecular weight is 333 g/mol. The lowest BCUT2D eigenvalue weighted by atomic mass is 9.92. The Kier molecular flexibility index (Phi) is 3.65. The third-order valence-electron chi connectivity index (χ3n) is 3.65. The Bertz CT molecular complexity index is 643. The number of urea groups is 1. The van der Waals surface area contributed by atoms with Crippen LogP contribution in [-0.2, 0) is 10.3 Å². The molecule has 2 amide bonds. The second-order valence-corrected chi connectivity index (χ2v) is 5.80. The Morgan fingerprint density at radius 1 is 1.41 bits per heavy atom. The van der Waals surface area contributed by atoms with Crippen LogP contribution in [0.5, 0.6) is 0 Å². The Balaban J connectivity index is 2.14. The van der Waals surface area contributed by atoms with Crippen molar-refractivity contribution in [1.82, 2.24) is 0 Å². The van der Waals surface area contributed by atoms with Gasteiger partial charge in [0, 0.05) is 16.3 Å². The minimum atomic E-state index is -4.78. The normalized spacial score (nSPS) is 24.6. The second-order valence-electron chi connectivity index (χ2n) is 5.37. The van der Waals surface area contributed by atoms with Gasteiger partial charge in [-0.1, -0.05) is 11.6 Å². The van der Waals surface area contributed by atoms with E-state index in [9.17, 15) is 18.0 Å². The van der Waals surface area contributed by atoms with E-state index < -0.39 is 17.8 Å². The summed E-state index contributed by atoms with van der Waals surface area (Å²) >= 11 is 5.84. The molecule has 0 radical (unpaired) electrons. The molecule has 1 aromatic rings. The first kappa shape index (κ1) is 15.3. The van der Waals surface area contributed by atoms with Crippen LogP contribution >= 0.6 is 11.6 Å². The highest BCUT2D eigenvalue weighted by Gasteiger charge is 2.59. The molecule has 1 fully saturated rings. The van der Waals surface area contributed by atoms with E-state index in [1.807, 2.05) is 0 Å². The van der Waals surface area contributed by atoms with Crippen LogP contribution in [0.4, 0.5) is 23.7 Å². The molecule has 1 aliphatic carbocycles. The zero-order valence-corrected chi connectivity index (χ0v) is 12.0. The van der Waals surface area contributed by atoms with E-state index in [-0.39, 0.29) is 28.8 Å². The maximum absolute atomic E-state index is 13.8. The van der Waals surface area contributed by atoms with E-state index >= 15 is 0 Å². The van der Waals surface area contributed by atoms with Gasteiger partial charge in [0.25, 0.3) is 0 Å². The van der Waals surface area contributed by atoms with Crippen molar-refractivity contribution in [3.63, 3.8) is 0 Å². The zero-order chi connectivity index (χ0) is 16.0. The average Bonchev–Trinajstić information content (AvgIpc) is 3.24. The lowest BCUT2D eigenvalue weighted by molar-refractivity contribution is -0.252. The van der Waals surface area contributed by atoms with Crippen LogP contribution < -0.4 is 5.32 Å². The van der Waals surface area contributed by atoms with Gasteiger partial charge in [-0.15, -0.1) is 0 Å². The SMILES string of the molecule is O=C1N=CC(OCC2CC2)(C(F)(F)F)c2cc(Cl)ccc2N1. The summed E-state index contributed by atoms with van der Waals surface area (Å²) in [7, 11) is 0. The number of nitrogens with zero attached hydrogens (tertiary/aromatic N) is 1. The molecule has 0 spiro atoms. The molecule has 3 rings (SSSR count). The molecule has 4 nitrogen and oxygen atoms in total. The van der Waals surface area contributed by atoms with Gasteiger partial charge in [-0.25, -0.2) is 9.79 Å². The van der Waals surface area contributed by atoms with E-state index in [2.05, 4.69) is 10.3 Å². The number of alkyl halides is 3. The van der Waals surface area contributed by atoms with Gasteiger partial charge in [-0.05, 0) is 37.0 Å². The van der Waals surface area contributed by atoms with Gasteiger partial charge in [0.05, 0.1) is 12.8 Å². The van der Waals surface area contributed by atoms with E-state index in [1.54, 1.807) is 0 Å². The lowest BCUT2D eigenvalue weighted by Crippen LogP contribution is -2.47. The van der Waals surface area contributed by atoms with Crippen molar-refractivity contribution in [3.8, 4) is 0 Å². The summed E-state index contributed by atoms with van der Waals surface area (Å²) in [6.07, 6.45) is -2.58. The minimum absolute atomic E-state index is 0.0139. The number of carbonyl (C=O) groups is 1. The number of aliphatic imine (C=N–C) groups is 1. The summed E-state index contributed by atoms with van der Waals surface area (Å²) in [6.45, 7) is -0.0499. The van der Waals surface area contributed by atoms with E-state index in [0.29, 0.717) is 6.21 Å². The van der Waals surface area contributed by atoms with Crippen LogP contribution in [0.25, 0.3) is 0 Å². The van der Waals surface area contributed by atoms with Gasteiger partial charge < -0.3 is 10.1 Å². The first-order chi connectivity index (χ1) is 10.3. The summed E-state index contributed by atoms with van der Waals surface area (Å²) in [5.74, 6) is 0.113. The predicted octanol–water partition coefficient (Wildman–Crippen LogP) is 4.14. The van der Waals surface area contributed by atoms with Crippen LogP contribution in [-0.4, -0.2) is 25.0 Å². The molecule has 0 aromatic heterocycles. The standard InChI is InChI=1S/C14H12ClF3N2O2/c15-9-3-4-11-10(5-9)13(14(16,17)18,7-19-12(21)20-11)22-6-8-1-2-8/h3-5,7-8H,1-2,6H2,(H,20,21). The van der Waals surface area contributed by atoms with Crippen molar-refractivity contribution in [2.75, 3.05) is 11.9 Å². The number of halogens is 4. The van der Waals surface area contributed by atoms with Gasteiger partial charge in [-0.2, -0.15) is 13.2 Å². The van der Waals surface area contributed by atoms with E-state index in [1.165, 1.54) is 12.1 Å². The maximum atomic E-state index is 13.8. The molecule has 1 N–H and O–H groups in total. The van der Waals surface area contributed by atoms with Gasteiger partial charge in [0.15, 0.2) is 0 Å². The van der Waals surface area contributed by atoms with Crippen molar-refractivity contribution < 1.29 is 22.7 Å². The molecule has 22 heavy (non-hydrogen) atoms. The van der Waals surface area contributed by atoms with Crippen molar-refractivity contribution in [1.29, 1.82) is 0 Å². The highest BCUT2D eigenvalue weighted by Crippen LogP contribution is 2.46. The van der Waals surface area contributed by atoms with Gasteiger partial charge in [-0.3, -0.25) is 0 Å². The lowest BCUT2D eigenvalue weighted by Gasteiger charge is -2.33. The minimum Gasteiger partial charge on any atom is -0.356 e. The fourth-order valence-electron chi connectivity index (χ4n) is 2.26. The van der Waals surface area contributed by atoms with Crippen LogP contribution in [0.1, 0.15) is 18.4 Å². The summed E-state index contributed by atoms with van der Waals surface area (Å²) in [5, 5.41) is 2.42. The Morgan fingerprint density at radius 3 is 2.77 bits per heavy atom. The molecule has 0 saturated heterocycles. The third-order valence-corrected chi connectivity index (χ3v) is 3.89. The quantitative estimate of drug-likeness (QED) is 0.904. The smallest absolute Gasteiger partial charge is 0.356 e. The number of nitrogens with one attached hydrogen (secondary N) is 1. The van der Waals surface area contributed by atoms with E-state index in [4.69, 9.17) is 16.3 Å². The first-order valence-corrected chi connectivity index (χ1v) is 7.06. The molecular formula is C14H12ClF3N2O2. The number of fused-ring (bicyclic) bond motifs is 1. The fraction of sp³-hybridized carbons (Fsp3) is 0.429.